The average molecular weight is 676 g/mol. The number of rotatable bonds is 4. The molecule has 0 N–H and O–H groups in total. The predicted octanol–water partition coefficient (Wildman–Crippen LogP) is 8.26. The predicted molar refractivity (Wildman–Crippen MR) is 153 cm³/mol. The Morgan fingerprint density at radius 1 is 0.632 bits per heavy atom. The monoisotopic (exact) mass is 676 g/mol. The topological polar surface area (TPSA) is 38.7 Å². The molecule has 0 aliphatic carbocycles. The summed E-state index contributed by atoms with van der Waals surface area (Å²) < 4.78 is 0. The van der Waals surface area contributed by atoms with Crippen LogP contribution in [0, 0.1) is 46.8 Å². The maximum absolute atomic E-state index is 4.45. The van der Waals surface area contributed by atoms with Crippen LogP contribution in [0.3, 0.4) is 0 Å². The summed E-state index contributed by atoms with van der Waals surface area (Å²) in [5, 5.41) is 0. The Morgan fingerprint density at radius 2 is 1.32 bits per heavy atom. The Hall–Kier alpha value is -3.46. The van der Waals surface area contributed by atoms with Crippen molar-refractivity contribution < 1.29 is 20.1 Å². The molecule has 0 amide bonds. The summed E-state index contributed by atoms with van der Waals surface area (Å²) in [5.74, 6) is 0.723. The van der Waals surface area contributed by atoms with Crippen LogP contribution in [0.15, 0.2) is 79.3 Å². The van der Waals surface area contributed by atoms with E-state index < -0.39 is 0 Å². The van der Waals surface area contributed by atoms with Gasteiger partial charge >= 0.3 is 0 Å². The molecule has 0 saturated heterocycles. The molecule has 195 valence electrons. The van der Waals surface area contributed by atoms with E-state index in [0.29, 0.717) is 0 Å². The smallest absolute Gasteiger partial charge is 0.0748 e. The molecule has 2 heterocycles. The van der Waals surface area contributed by atoms with Gasteiger partial charge in [-0.25, -0.2) is 0 Å². The molecule has 0 bridgehead atoms. The molecule has 0 aliphatic heterocycles. The van der Waals surface area contributed by atoms with Crippen LogP contribution in [0.5, 0.6) is 0 Å². The van der Waals surface area contributed by atoms with Crippen LogP contribution in [0.25, 0.3) is 33.8 Å². The van der Waals surface area contributed by atoms with Crippen molar-refractivity contribution in [2.75, 3.05) is 0 Å². The van der Waals surface area contributed by atoms with Gasteiger partial charge in [-0.15, -0.1) is 70.3 Å². The van der Waals surface area contributed by atoms with Crippen molar-refractivity contribution >= 4 is 0 Å². The Labute approximate surface area is 240 Å². The van der Waals surface area contributed by atoms with E-state index in [2.05, 4.69) is 117 Å². The fraction of sp³-hybridized carbons (Fsp3) is 0.206. The average Bonchev–Trinajstić information content (AvgIpc) is 2.93. The van der Waals surface area contributed by atoms with Gasteiger partial charge in [0.05, 0.1) is 5.82 Å². The van der Waals surface area contributed by atoms with Crippen molar-refractivity contribution in [2.45, 2.75) is 48.0 Å². The third-order valence-electron chi connectivity index (χ3n) is 6.62. The van der Waals surface area contributed by atoms with E-state index >= 15 is 0 Å². The second-order valence-electron chi connectivity index (χ2n) is 9.49. The summed E-state index contributed by atoms with van der Waals surface area (Å²) in [6.45, 7) is 12.6. The quantitative estimate of drug-likeness (QED) is 0.180. The second kappa shape index (κ2) is 13.4. The Bertz CT molecular complexity index is 1440. The maximum atomic E-state index is 4.45. The first-order valence-corrected chi connectivity index (χ1v) is 12.7. The molecule has 5 aromatic rings. The number of hydrogen-bond donors (Lipinski definition) is 0. The molecule has 0 spiro atoms. The van der Waals surface area contributed by atoms with Gasteiger partial charge in [0.2, 0.25) is 0 Å². The molecule has 0 aliphatic rings. The molecule has 0 fully saturated rings. The molecule has 5 rings (SSSR count). The number of nitrogens with zero attached hydrogens (tertiary/aromatic N) is 3. The van der Waals surface area contributed by atoms with Gasteiger partial charge in [-0.1, -0.05) is 62.2 Å². The molecule has 38 heavy (non-hydrogen) atoms. The number of hydrogen-bond acceptors (Lipinski definition) is 3. The molecular weight excluding hydrogens is 643 g/mol. The van der Waals surface area contributed by atoms with Crippen LogP contribution in [0.4, 0.5) is 0 Å². The molecule has 4 heteroatoms. The third kappa shape index (κ3) is 7.31. The van der Waals surface area contributed by atoms with Crippen LogP contribution in [-0.4, -0.2) is 15.0 Å². The van der Waals surface area contributed by atoms with Gasteiger partial charge in [-0.3, -0.25) is 9.97 Å². The van der Waals surface area contributed by atoms with Crippen LogP contribution >= 0.6 is 0 Å². The third-order valence-corrected chi connectivity index (χ3v) is 6.62. The van der Waals surface area contributed by atoms with E-state index in [0.717, 1.165) is 40.2 Å². The van der Waals surface area contributed by atoms with Crippen molar-refractivity contribution in [1.82, 2.24) is 15.0 Å². The first-order chi connectivity index (χ1) is 17.8. The van der Waals surface area contributed by atoms with Crippen molar-refractivity contribution in [3.8, 4) is 33.8 Å². The molecular formula is C34H33IrN3-2. The summed E-state index contributed by atoms with van der Waals surface area (Å²) in [4.78, 5) is 13.3. The zero-order valence-corrected chi connectivity index (χ0v) is 25.3. The van der Waals surface area contributed by atoms with Crippen LogP contribution in [-0.2, 0) is 26.5 Å². The van der Waals surface area contributed by atoms with Gasteiger partial charge in [0.15, 0.2) is 0 Å². The van der Waals surface area contributed by atoms with Gasteiger partial charge in [0.1, 0.15) is 0 Å². The van der Waals surface area contributed by atoms with Crippen LogP contribution < -0.4 is 0 Å². The largest absolute Gasteiger partial charge is 0.304 e. The minimum atomic E-state index is 0. The number of pyridine rings is 1. The fourth-order valence-electron chi connectivity index (χ4n) is 3.79. The van der Waals surface area contributed by atoms with Crippen molar-refractivity contribution in [1.29, 1.82) is 0 Å². The fourth-order valence-corrected chi connectivity index (χ4v) is 3.79. The van der Waals surface area contributed by atoms with Gasteiger partial charge in [-0.2, -0.15) is 0 Å². The first-order valence-electron chi connectivity index (χ1n) is 12.7. The molecule has 1 radical (unpaired) electrons. The van der Waals surface area contributed by atoms with E-state index in [1.165, 1.54) is 33.4 Å². The Kier molecular flexibility index (Phi) is 10.2. The summed E-state index contributed by atoms with van der Waals surface area (Å²) >= 11 is 0. The molecule has 3 nitrogen and oxygen atoms in total. The normalized spacial score (nSPS) is 10.3. The summed E-state index contributed by atoms with van der Waals surface area (Å²) in [6, 6.07) is 27.4. The Balaban J connectivity index is 0.000000213. The summed E-state index contributed by atoms with van der Waals surface area (Å²) in [5.41, 5.74) is 12.8. The van der Waals surface area contributed by atoms with Gasteiger partial charge in [-0.05, 0) is 49.6 Å². The van der Waals surface area contributed by atoms with E-state index in [4.69, 9.17) is 0 Å². The van der Waals surface area contributed by atoms with E-state index in [9.17, 15) is 0 Å². The van der Waals surface area contributed by atoms with Crippen molar-refractivity contribution in [2.24, 2.45) is 0 Å². The first kappa shape index (κ1) is 29.1. The van der Waals surface area contributed by atoms with Gasteiger partial charge in [0, 0.05) is 38.7 Å². The molecule has 0 unspecified atom stereocenters. The minimum absolute atomic E-state index is 0. The van der Waals surface area contributed by atoms with E-state index in [1.54, 1.807) is 0 Å². The van der Waals surface area contributed by atoms with Crippen molar-refractivity contribution in [3.05, 3.63) is 125 Å². The standard InChI is InChI=1S/C19H17N2.C15H16N.Ir/c1-3-15-12-20-19(21-13-15)18-6-4-5-17(11-18)16-9-7-14(2)8-10-16;1-10-5-6-14(7-11(10)2)15-8-12(3)13(4)9-16-15;/h4-5,7-13H,3H2,1-2H3;5,7-9H,1-4H3;/q2*-1;. The minimum Gasteiger partial charge on any atom is -0.304 e. The van der Waals surface area contributed by atoms with Crippen LogP contribution in [0.2, 0.25) is 0 Å². The van der Waals surface area contributed by atoms with E-state index in [-0.39, 0.29) is 20.1 Å². The zero-order chi connectivity index (χ0) is 26.4. The van der Waals surface area contributed by atoms with Crippen molar-refractivity contribution in [3.63, 3.8) is 0 Å². The maximum Gasteiger partial charge on any atom is 0.0748 e. The summed E-state index contributed by atoms with van der Waals surface area (Å²) in [6.07, 6.45) is 6.64. The number of aryl methyl sites for hydroxylation is 6. The Morgan fingerprint density at radius 3 is 1.95 bits per heavy atom. The van der Waals surface area contributed by atoms with Gasteiger partial charge in [0.25, 0.3) is 0 Å². The number of benzene rings is 3. The van der Waals surface area contributed by atoms with Crippen LogP contribution in [0.1, 0.15) is 40.3 Å². The molecule has 0 saturated carbocycles. The SMILES string of the molecule is CCc1cnc(-c2[c-]ccc(-c3ccc(C)cc3)c2)nc1.Cc1c[c-]c(-c2cc(C)c(C)cn2)cc1C.[Ir]. The van der Waals surface area contributed by atoms with E-state index in [1.807, 2.05) is 30.7 Å². The molecule has 0 atom stereocenters. The molecule has 2 aromatic heterocycles. The summed E-state index contributed by atoms with van der Waals surface area (Å²) in [7, 11) is 0. The second-order valence-corrected chi connectivity index (χ2v) is 9.49. The molecule has 3 aromatic carbocycles. The number of aromatic nitrogens is 3. The zero-order valence-electron chi connectivity index (χ0n) is 22.9. The van der Waals surface area contributed by atoms with Gasteiger partial charge < -0.3 is 4.98 Å².